The van der Waals surface area contributed by atoms with Crippen molar-refractivity contribution in [2.75, 3.05) is 13.1 Å². The summed E-state index contributed by atoms with van der Waals surface area (Å²) in [5, 5.41) is 0. The van der Waals surface area contributed by atoms with Gasteiger partial charge < -0.3 is 4.74 Å². The third-order valence-corrected chi connectivity index (χ3v) is 4.61. The Morgan fingerprint density at radius 1 is 1.05 bits per heavy atom. The van der Waals surface area contributed by atoms with E-state index >= 15 is 0 Å². The van der Waals surface area contributed by atoms with Crippen LogP contribution in [0.3, 0.4) is 0 Å². The van der Waals surface area contributed by atoms with Crippen LogP contribution in [-0.2, 0) is 6.42 Å². The summed E-state index contributed by atoms with van der Waals surface area (Å²) >= 11 is 0. The molecule has 3 rings (SSSR count). The summed E-state index contributed by atoms with van der Waals surface area (Å²) in [5.41, 5.74) is 6.46. The van der Waals surface area contributed by atoms with E-state index in [1.54, 1.807) is 0 Å². The maximum absolute atomic E-state index is 6.37. The second-order valence-electron chi connectivity index (χ2n) is 6.11. The molecule has 22 heavy (non-hydrogen) atoms. The number of nitrogens with zero attached hydrogens (tertiary/aromatic N) is 1. The molecule has 1 heterocycles. The Labute approximate surface area is 133 Å². The van der Waals surface area contributed by atoms with Crippen LogP contribution >= 0.6 is 0 Å². The van der Waals surface area contributed by atoms with E-state index in [4.69, 9.17) is 4.74 Å². The van der Waals surface area contributed by atoms with Gasteiger partial charge in [0.05, 0.1) is 0 Å². The van der Waals surface area contributed by atoms with Crippen molar-refractivity contribution in [1.29, 1.82) is 0 Å². The first-order valence-electron chi connectivity index (χ1n) is 8.24. The van der Waals surface area contributed by atoms with Gasteiger partial charge in [0.15, 0.2) is 6.23 Å². The minimum absolute atomic E-state index is 0.176. The van der Waals surface area contributed by atoms with Crippen LogP contribution in [0.2, 0.25) is 0 Å². The van der Waals surface area contributed by atoms with Gasteiger partial charge in [0, 0.05) is 17.5 Å². The number of hydrogen-bond acceptors (Lipinski definition) is 2. The smallest absolute Gasteiger partial charge is 0.156 e. The molecule has 1 aliphatic rings. The van der Waals surface area contributed by atoms with Crippen molar-refractivity contribution in [3.63, 3.8) is 0 Å². The molecule has 0 aliphatic carbocycles. The Kier molecular flexibility index (Phi) is 4.21. The molecule has 0 saturated heterocycles. The fourth-order valence-corrected chi connectivity index (χ4v) is 3.41. The fraction of sp³-hybridized carbons (Fsp3) is 0.400. The lowest BCUT2D eigenvalue weighted by molar-refractivity contribution is 0.0518. The molecule has 2 heteroatoms. The Bertz CT molecular complexity index is 673. The van der Waals surface area contributed by atoms with E-state index in [2.05, 4.69) is 69.0 Å². The summed E-state index contributed by atoms with van der Waals surface area (Å²) in [5.74, 6) is 1.08. The van der Waals surface area contributed by atoms with Crippen LogP contribution < -0.4 is 4.74 Å². The molecule has 1 aliphatic heterocycles. The van der Waals surface area contributed by atoms with Crippen molar-refractivity contribution in [2.24, 2.45) is 0 Å². The molecule has 0 bridgehead atoms. The first kappa shape index (κ1) is 15.1. The molecule has 116 valence electrons. The number of hydrogen-bond donors (Lipinski definition) is 0. The molecule has 0 amide bonds. The summed E-state index contributed by atoms with van der Waals surface area (Å²) in [6.45, 7) is 10.8. The van der Waals surface area contributed by atoms with Gasteiger partial charge in [-0.1, -0.05) is 44.2 Å². The average Bonchev–Trinajstić information content (AvgIpc) is 2.92. The first-order valence-corrected chi connectivity index (χ1v) is 8.24. The average molecular weight is 295 g/mol. The molecule has 1 atom stereocenters. The van der Waals surface area contributed by atoms with Crippen LogP contribution in [0, 0.1) is 13.8 Å². The Morgan fingerprint density at radius 2 is 1.77 bits per heavy atom. The third-order valence-electron chi connectivity index (χ3n) is 4.61. The Balaban J connectivity index is 2.05. The van der Waals surface area contributed by atoms with Gasteiger partial charge in [-0.2, -0.15) is 0 Å². The highest BCUT2D eigenvalue weighted by molar-refractivity contribution is 5.76. The molecular formula is C20H25NO. The van der Waals surface area contributed by atoms with Crippen LogP contribution in [0.25, 0.3) is 11.1 Å². The Hall–Kier alpha value is -1.80. The molecule has 0 aromatic heterocycles. The SMILES string of the molecule is CCN(CC)C1Cc2cc(C)cc(-c3ccccc3C)c2O1. The Morgan fingerprint density at radius 3 is 2.45 bits per heavy atom. The van der Waals surface area contributed by atoms with E-state index in [0.29, 0.717) is 0 Å². The second-order valence-corrected chi connectivity index (χ2v) is 6.11. The third kappa shape index (κ3) is 2.64. The molecule has 0 radical (unpaired) electrons. The lowest BCUT2D eigenvalue weighted by Crippen LogP contribution is -2.38. The van der Waals surface area contributed by atoms with Crippen molar-refractivity contribution in [3.8, 4) is 16.9 Å². The van der Waals surface area contributed by atoms with Crippen molar-refractivity contribution < 1.29 is 4.74 Å². The lowest BCUT2D eigenvalue weighted by Gasteiger charge is -2.25. The molecular weight excluding hydrogens is 270 g/mol. The van der Waals surface area contributed by atoms with Crippen molar-refractivity contribution in [3.05, 3.63) is 53.1 Å². The van der Waals surface area contributed by atoms with Crippen LogP contribution in [0.15, 0.2) is 36.4 Å². The van der Waals surface area contributed by atoms with Crippen molar-refractivity contribution in [1.82, 2.24) is 4.90 Å². The molecule has 0 fully saturated rings. The van der Waals surface area contributed by atoms with E-state index in [-0.39, 0.29) is 6.23 Å². The summed E-state index contributed by atoms with van der Waals surface area (Å²) in [6.07, 6.45) is 1.16. The van der Waals surface area contributed by atoms with Crippen molar-refractivity contribution in [2.45, 2.75) is 40.3 Å². The fourth-order valence-electron chi connectivity index (χ4n) is 3.41. The molecule has 2 nitrogen and oxygen atoms in total. The zero-order chi connectivity index (χ0) is 15.7. The second kappa shape index (κ2) is 6.13. The molecule has 0 spiro atoms. The highest BCUT2D eigenvalue weighted by Gasteiger charge is 2.29. The number of benzene rings is 2. The maximum Gasteiger partial charge on any atom is 0.156 e. The van der Waals surface area contributed by atoms with Gasteiger partial charge in [0.1, 0.15) is 5.75 Å². The minimum atomic E-state index is 0.176. The molecule has 2 aromatic carbocycles. The predicted molar refractivity (Wildman–Crippen MR) is 92.4 cm³/mol. The van der Waals surface area contributed by atoms with Gasteiger partial charge in [-0.15, -0.1) is 0 Å². The zero-order valence-corrected chi connectivity index (χ0v) is 14.0. The number of likely N-dealkylation sites (N-methyl/N-ethyl adjacent to an activating group) is 1. The standard InChI is InChI=1S/C20H25NO/c1-5-21(6-2)19-13-16-11-14(3)12-18(20(16)22-19)17-10-8-7-9-15(17)4/h7-12,19H,5-6,13H2,1-4H3. The predicted octanol–water partition coefficient (Wildman–Crippen LogP) is 4.57. The maximum atomic E-state index is 6.37. The number of fused-ring (bicyclic) bond motifs is 1. The quantitative estimate of drug-likeness (QED) is 0.819. The summed E-state index contributed by atoms with van der Waals surface area (Å²) in [7, 11) is 0. The van der Waals surface area contributed by atoms with E-state index in [9.17, 15) is 0 Å². The lowest BCUT2D eigenvalue weighted by atomic mass is 9.95. The highest BCUT2D eigenvalue weighted by atomic mass is 16.5. The van der Waals surface area contributed by atoms with Gasteiger partial charge in [0.25, 0.3) is 0 Å². The monoisotopic (exact) mass is 295 g/mol. The topological polar surface area (TPSA) is 12.5 Å². The van der Waals surface area contributed by atoms with Crippen LogP contribution in [0.1, 0.15) is 30.5 Å². The van der Waals surface area contributed by atoms with E-state index in [1.165, 1.54) is 27.8 Å². The molecule has 1 unspecified atom stereocenters. The normalized spacial score (nSPS) is 16.7. The van der Waals surface area contributed by atoms with E-state index in [0.717, 1.165) is 25.3 Å². The molecule has 0 N–H and O–H groups in total. The largest absolute Gasteiger partial charge is 0.474 e. The number of ether oxygens (including phenoxy) is 1. The molecule has 0 saturated carbocycles. The van der Waals surface area contributed by atoms with Gasteiger partial charge in [-0.05, 0) is 49.7 Å². The van der Waals surface area contributed by atoms with Gasteiger partial charge in [0.2, 0.25) is 0 Å². The van der Waals surface area contributed by atoms with Crippen LogP contribution in [0.4, 0.5) is 0 Å². The minimum Gasteiger partial charge on any atom is -0.474 e. The van der Waals surface area contributed by atoms with Crippen molar-refractivity contribution >= 4 is 0 Å². The summed E-state index contributed by atoms with van der Waals surface area (Å²) in [6, 6.07) is 13.1. The van der Waals surface area contributed by atoms with E-state index < -0.39 is 0 Å². The van der Waals surface area contributed by atoms with Crippen LogP contribution in [0.5, 0.6) is 5.75 Å². The van der Waals surface area contributed by atoms with E-state index in [1.807, 2.05) is 0 Å². The molecule has 2 aromatic rings. The first-order chi connectivity index (χ1) is 10.6. The van der Waals surface area contributed by atoms with Gasteiger partial charge in [-0.25, -0.2) is 0 Å². The van der Waals surface area contributed by atoms with Crippen LogP contribution in [-0.4, -0.2) is 24.2 Å². The number of aryl methyl sites for hydroxylation is 2. The number of rotatable bonds is 4. The van der Waals surface area contributed by atoms with Gasteiger partial charge in [-0.3, -0.25) is 4.90 Å². The summed E-state index contributed by atoms with van der Waals surface area (Å²) < 4.78 is 6.37. The highest BCUT2D eigenvalue weighted by Crippen LogP contribution is 2.41. The zero-order valence-electron chi connectivity index (χ0n) is 14.0. The van der Waals surface area contributed by atoms with Gasteiger partial charge >= 0.3 is 0 Å². The summed E-state index contributed by atoms with van der Waals surface area (Å²) in [4.78, 5) is 2.39.